The van der Waals surface area contributed by atoms with Gasteiger partial charge < -0.3 is 18.9 Å². The number of carbonyl (C=O) groups excluding carboxylic acids is 5. The van der Waals surface area contributed by atoms with Crippen molar-refractivity contribution in [1.29, 1.82) is 0 Å². The highest BCUT2D eigenvalue weighted by molar-refractivity contribution is 6.09. The molecule has 0 heterocycles. The first-order valence-corrected chi connectivity index (χ1v) is 11.9. The highest BCUT2D eigenvalue weighted by atomic mass is 16.6. The Morgan fingerprint density at radius 3 is 2.17 bits per heavy atom. The van der Waals surface area contributed by atoms with Gasteiger partial charge in [0.1, 0.15) is 12.2 Å². The Hall–Kier alpha value is -3.49. The highest BCUT2D eigenvalue weighted by Gasteiger charge is 2.41. The van der Waals surface area contributed by atoms with E-state index in [1.807, 2.05) is 6.92 Å². The zero-order chi connectivity index (χ0) is 27.1. The Kier molecular flexibility index (Phi) is 13.1. The van der Waals surface area contributed by atoms with Crippen LogP contribution in [0.25, 0.3) is 0 Å². The summed E-state index contributed by atoms with van der Waals surface area (Å²) in [6, 6.07) is 0. The zero-order valence-electron chi connectivity index (χ0n) is 21.6. The van der Waals surface area contributed by atoms with Gasteiger partial charge in [-0.05, 0) is 43.6 Å². The Morgan fingerprint density at radius 1 is 0.972 bits per heavy atom. The Morgan fingerprint density at radius 2 is 1.61 bits per heavy atom. The van der Waals surface area contributed by atoms with E-state index in [2.05, 4.69) is 4.74 Å². The molecule has 0 aromatic heterocycles. The fourth-order valence-corrected chi connectivity index (χ4v) is 3.64. The minimum atomic E-state index is -1.34. The molecule has 0 aromatic carbocycles. The normalized spacial score (nSPS) is 20.0. The molecule has 1 aliphatic carbocycles. The predicted octanol–water partition coefficient (Wildman–Crippen LogP) is 3.86. The maximum absolute atomic E-state index is 12.6. The lowest BCUT2D eigenvalue weighted by molar-refractivity contribution is -0.149. The standard InChI is InChI=1S/C27H36O9/c1-6-7-10-22(34-19(2)28)12-9-17-27(36-21(4)30)18-16-25(31)24(27)13-8-11-23(35-20(3)29)14-15-26(32)33-5/h8-9,11-13,16,18,22-23H,6-7,10,14-15,17H2,1-5H3/b11-8-,12-9-,24-13-/t22-,23-,27+/m1/s1. The molecule has 198 valence electrons. The number of methoxy groups -OCH3 is 1. The van der Waals surface area contributed by atoms with Gasteiger partial charge in [0.2, 0.25) is 0 Å². The molecule has 1 rings (SSSR count). The molecule has 0 fully saturated rings. The quantitative estimate of drug-likeness (QED) is 0.150. The molecular weight excluding hydrogens is 468 g/mol. The first-order chi connectivity index (χ1) is 17.0. The van der Waals surface area contributed by atoms with Gasteiger partial charge in [0.15, 0.2) is 11.4 Å². The Bertz CT molecular complexity index is 926. The van der Waals surface area contributed by atoms with E-state index < -0.39 is 41.7 Å². The van der Waals surface area contributed by atoms with Crippen molar-refractivity contribution in [3.05, 3.63) is 48.1 Å². The average molecular weight is 505 g/mol. The van der Waals surface area contributed by atoms with Crippen molar-refractivity contribution >= 4 is 29.7 Å². The van der Waals surface area contributed by atoms with Crippen molar-refractivity contribution in [2.45, 2.75) is 84.0 Å². The molecular formula is C27H36O9. The second kappa shape index (κ2) is 15.5. The van der Waals surface area contributed by atoms with Crippen molar-refractivity contribution in [3.8, 4) is 0 Å². The molecule has 0 N–H and O–H groups in total. The van der Waals surface area contributed by atoms with Crippen LogP contribution in [-0.2, 0) is 42.9 Å². The van der Waals surface area contributed by atoms with Crippen LogP contribution in [0.4, 0.5) is 0 Å². The summed E-state index contributed by atoms with van der Waals surface area (Å²) >= 11 is 0. The summed E-state index contributed by atoms with van der Waals surface area (Å²) in [6.45, 7) is 5.88. The maximum atomic E-state index is 12.6. The van der Waals surface area contributed by atoms with Crippen molar-refractivity contribution in [2.75, 3.05) is 7.11 Å². The number of ketones is 1. The minimum absolute atomic E-state index is 0.0412. The van der Waals surface area contributed by atoms with Gasteiger partial charge >= 0.3 is 23.9 Å². The maximum Gasteiger partial charge on any atom is 0.305 e. The molecule has 1 aliphatic rings. The topological polar surface area (TPSA) is 122 Å². The smallest absolute Gasteiger partial charge is 0.305 e. The molecule has 0 bridgehead atoms. The monoisotopic (exact) mass is 504 g/mol. The third-order valence-electron chi connectivity index (χ3n) is 5.25. The van der Waals surface area contributed by atoms with E-state index in [9.17, 15) is 24.0 Å². The largest absolute Gasteiger partial charge is 0.469 e. The van der Waals surface area contributed by atoms with Gasteiger partial charge in [0.25, 0.3) is 0 Å². The van der Waals surface area contributed by atoms with E-state index in [1.165, 1.54) is 52.2 Å². The van der Waals surface area contributed by atoms with E-state index in [0.717, 1.165) is 12.8 Å². The summed E-state index contributed by atoms with van der Waals surface area (Å²) in [7, 11) is 1.27. The number of rotatable bonds is 14. The third-order valence-corrected chi connectivity index (χ3v) is 5.25. The lowest BCUT2D eigenvalue weighted by Gasteiger charge is -2.27. The molecule has 0 unspecified atom stereocenters. The van der Waals surface area contributed by atoms with Crippen molar-refractivity contribution in [1.82, 2.24) is 0 Å². The Balaban J connectivity index is 3.16. The van der Waals surface area contributed by atoms with Crippen LogP contribution in [0.15, 0.2) is 48.1 Å². The number of carbonyl (C=O) groups is 5. The highest BCUT2D eigenvalue weighted by Crippen LogP contribution is 2.35. The van der Waals surface area contributed by atoms with Crippen LogP contribution in [0.2, 0.25) is 0 Å². The van der Waals surface area contributed by atoms with Gasteiger partial charge in [-0.2, -0.15) is 0 Å². The van der Waals surface area contributed by atoms with Crippen molar-refractivity contribution < 1.29 is 42.9 Å². The molecule has 0 saturated heterocycles. The number of hydrogen-bond acceptors (Lipinski definition) is 9. The van der Waals surface area contributed by atoms with Crippen LogP contribution in [0.5, 0.6) is 0 Å². The van der Waals surface area contributed by atoms with Gasteiger partial charge in [0.05, 0.1) is 7.11 Å². The van der Waals surface area contributed by atoms with Crippen LogP contribution >= 0.6 is 0 Å². The summed E-state index contributed by atoms with van der Waals surface area (Å²) in [5.74, 6) is -2.27. The molecule has 3 atom stereocenters. The van der Waals surface area contributed by atoms with E-state index in [4.69, 9.17) is 14.2 Å². The SMILES string of the molecule is CCCC[C@H](/C=C\C[C@]1(OC(C)=O)C=CC(=O)/C1=C/C=C\[C@H](CCC(=O)OC)OC(C)=O)OC(C)=O. The van der Waals surface area contributed by atoms with E-state index in [-0.39, 0.29) is 30.6 Å². The number of hydrogen-bond donors (Lipinski definition) is 0. The van der Waals surface area contributed by atoms with Gasteiger partial charge in [0, 0.05) is 39.2 Å². The lowest BCUT2D eigenvalue weighted by atomic mass is 9.91. The summed E-state index contributed by atoms with van der Waals surface area (Å²) in [4.78, 5) is 58.9. The third kappa shape index (κ3) is 10.8. The molecule has 0 spiro atoms. The fourth-order valence-electron chi connectivity index (χ4n) is 3.64. The summed E-state index contributed by atoms with van der Waals surface area (Å²) in [5.41, 5.74) is -1.12. The van der Waals surface area contributed by atoms with Crippen LogP contribution in [0.3, 0.4) is 0 Å². The van der Waals surface area contributed by atoms with Crippen molar-refractivity contribution in [2.24, 2.45) is 0 Å². The molecule has 0 amide bonds. The predicted molar refractivity (Wildman–Crippen MR) is 132 cm³/mol. The molecule has 9 nitrogen and oxygen atoms in total. The first-order valence-electron chi connectivity index (χ1n) is 11.9. The molecule has 0 aliphatic heterocycles. The minimum Gasteiger partial charge on any atom is -0.469 e. The van der Waals surface area contributed by atoms with Crippen LogP contribution < -0.4 is 0 Å². The number of esters is 4. The van der Waals surface area contributed by atoms with Gasteiger partial charge in [-0.1, -0.05) is 31.6 Å². The Labute approximate surface area is 212 Å². The van der Waals surface area contributed by atoms with Crippen molar-refractivity contribution in [3.63, 3.8) is 0 Å². The number of unbranched alkanes of at least 4 members (excludes halogenated alkanes) is 1. The van der Waals surface area contributed by atoms with E-state index >= 15 is 0 Å². The van der Waals surface area contributed by atoms with Crippen LogP contribution in [-0.4, -0.2) is 54.6 Å². The molecule has 0 aromatic rings. The molecule has 0 saturated carbocycles. The molecule has 36 heavy (non-hydrogen) atoms. The first kappa shape index (κ1) is 30.5. The number of ether oxygens (including phenoxy) is 4. The van der Waals surface area contributed by atoms with E-state index in [0.29, 0.717) is 6.42 Å². The molecule has 9 heteroatoms. The van der Waals surface area contributed by atoms with Gasteiger partial charge in [-0.25, -0.2) is 0 Å². The molecule has 0 radical (unpaired) electrons. The van der Waals surface area contributed by atoms with Gasteiger partial charge in [-0.3, -0.25) is 24.0 Å². The van der Waals surface area contributed by atoms with E-state index in [1.54, 1.807) is 18.2 Å². The second-order valence-electron chi connectivity index (χ2n) is 8.33. The fraction of sp³-hybridized carbons (Fsp3) is 0.519. The second-order valence-corrected chi connectivity index (χ2v) is 8.33. The van der Waals surface area contributed by atoms with Gasteiger partial charge in [-0.15, -0.1) is 0 Å². The summed E-state index contributed by atoms with van der Waals surface area (Å²) in [6.07, 6.45) is 12.6. The number of allylic oxidation sites excluding steroid dienone is 3. The zero-order valence-corrected chi connectivity index (χ0v) is 21.6. The average Bonchev–Trinajstić information content (AvgIpc) is 3.09. The summed E-state index contributed by atoms with van der Waals surface area (Å²) in [5, 5.41) is 0. The van der Waals surface area contributed by atoms with Crippen LogP contribution in [0, 0.1) is 0 Å². The summed E-state index contributed by atoms with van der Waals surface area (Å²) < 4.78 is 20.7. The lowest BCUT2D eigenvalue weighted by Crippen LogP contribution is -2.33. The van der Waals surface area contributed by atoms with Crippen LogP contribution in [0.1, 0.15) is 66.2 Å².